The lowest BCUT2D eigenvalue weighted by Crippen LogP contribution is -2.48. The minimum Gasteiger partial charge on any atom is -0.469 e. The minimum absolute atomic E-state index is 0.146. The molecule has 1 aliphatic carbocycles. The van der Waals surface area contributed by atoms with Gasteiger partial charge < -0.3 is 19.5 Å². The zero-order chi connectivity index (χ0) is 13.7. The average molecular weight is 289 g/mol. The van der Waals surface area contributed by atoms with Gasteiger partial charge in [-0.15, -0.1) is 0 Å². The first-order chi connectivity index (χ1) is 9.19. The van der Waals surface area contributed by atoms with Crippen molar-refractivity contribution in [3.8, 4) is 0 Å². The smallest absolute Gasteiger partial charge is 0.306 e. The number of ether oxygens (including phenoxy) is 3. The van der Waals surface area contributed by atoms with Crippen LogP contribution in [0.1, 0.15) is 25.7 Å². The topological polar surface area (TPSA) is 56.8 Å². The average Bonchev–Trinajstić information content (AvgIpc) is 2.87. The number of rotatable bonds is 5. The SMILES string of the molecule is CNC1CCC2(CC1SCCC(=O)OC)OCCO2. The van der Waals surface area contributed by atoms with Gasteiger partial charge in [0.25, 0.3) is 0 Å². The van der Waals surface area contributed by atoms with E-state index < -0.39 is 0 Å². The normalized spacial score (nSPS) is 29.6. The number of nitrogens with one attached hydrogen (secondary N) is 1. The maximum absolute atomic E-state index is 11.2. The maximum Gasteiger partial charge on any atom is 0.306 e. The third-order valence-electron chi connectivity index (χ3n) is 3.85. The van der Waals surface area contributed by atoms with E-state index in [9.17, 15) is 4.79 Å². The zero-order valence-corrected chi connectivity index (χ0v) is 12.5. The summed E-state index contributed by atoms with van der Waals surface area (Å²) in [5, 5.41) is 3.78. The van der Waals surface area contributed by atoms with E-state index in [1.165, 1.54) is 7.11 Å². The highest BCUT2D eigenvalue weighted by atomic mass is 32.2. The van der Waals surface area contributed by atoms with Crippen LogP contribution in [0.25, 0.3) is 0 Å². The molecule has 2 fully saturated rings. The van der Waals surface area contributed by atoms with Crippen LogP contribution in [-0.4, -0.2) is 56.2 Å². The predicted octanol–water partition coefficient (Wildman–Crippen LogP) is 1.17. The summed E-state index contributed by atoms with van der Waals surface area (Å²) in [5.41, 5.74) is 0. The molecule has 2 unspecified atom stereocenters. The van der Waals surface area contributed by atoms with Crippen molar-refractivity contribution in [3.05, 3.63) is 0 Å². The van der Waals surface area contributed by atoms with Crippen molar-refractivity contribution in [1.82, 2.24) is 5.32 Å². The molecule has 6 heteroatoms. The summed E-state index contributed by atoms with van der Waals surface area (Å²) in [6.45, 7) is 1.40. The Morgan fingerprint density at radius 2 is 2.21 bits per heavy atom. The van der Waals surface area contributed by atoms with E-state index in [0.29, 0.717) is 30.9 Å². The molecular weight excluding hydrogens is 266 g/mol. The van der Waals surface area contributed by atoms with Crippen LogP contribution in [0.4, 0.5) is 0 Å². The lowest BCUT2D eigenvalue weighted by molar-refractivity contribution is -0.177. The quantitative estimate of drug-likeness (QED) is 0.767. The molecule has 0 aromatic carbocycles. The van der Waals surface area contributed by atoms with Crippen molar-refractivity contribution >= 4 is 17.7 Å². The van der Waals surface area contributed by atoms with Gasteiger partial charge in [0.15, 0.2) is 5.79 Å². The fourth-order valence-electron chi connectivity index (χ4n) is 2.77. The number of thioether (sulfide) groups is 1. The predicted molar refractivity (Wildman–Crippen MR) is 74.2 cm³/mol. The highest BCUT2D eigenvalue weighted by molar-refractivity contribution is 8.00. The van der Waals surface area contributed by atoms with Gasteiger partial charge in [0.2, 0.25) is 0 Å². The number of methoxy groups -OCH3 is 1. The van der Waals surface area contributed by atoms with Crippen molar-refractivity contribution in [3.63, 3.8) is 0 Å². The van der Waals surface area contributed by atoms with Crippen molar-refractivity contribution in [2.45, 2.75) is 42.8 Å². The largest absolute Gasteiger partial charge is 0.469 e. The van der Waals surface area contributed by atoms with Crippen molar-refractivity contribution < 1.29 is 19.0 Å². The maximum atomic E-state index is 11.2. The van der Waals surface area contributed by atoms with Crippen LogP contribution in [0.3, 0.4) is 0 Å². The van der Waals surface area contributed by atoms with Gasteiger partial charge >= 0.3 is 5.97 Å². The molecule has 1 saturated heterocycles. The molecule has 1 spiro atoms. The number of carbonyl (C=O) groups excluding carboxylic acids is 1. The molecular formula is C13H23NO4S. The van der Waals surface area contributed by atoms with Crippen LogP contribution in [-0.2, 0) is 19.0 Å². The first-order valence-corrected chi connectivity index (χ1v) is 7.87. The van der Waals surface area contributed by atoms with Gasteiger partial charge in [-0.05, 0) is 13.5 Å². The van der Waals surface area contributed by atoms with Crippen LogP contribution in [0, 0.1) is 0 Å². The van der Waals surface area contributed by atoms with Crippen molar-refractivity contribution in [2.75, 3.05) is 33.1 Å². The van der Waals surface area contributed by atoms with Gasteiger partial charge in [0.1, 0.15) is 0 Å². The Balaban J connectivity index is 1.85. The van der Waals surface area contributed by atoms with Gasteiger partial charge in [-0.25, -0.2) is 0 Å². The Morgan fingerprint density at radius 3 is 2.84 bits per heavy atom. The van der Waals surface area contributed by atoms with Gasteiger partial charge in [-0.3, -0.25) is 4.79 Å². The molecule has 19 heavy (non-hydrogen) atoms. The Bertz CT molecular complexity index is 307. The van der Waals surface area contributed by atoms with Crippen molar-refractivity contribution in [1.29, 1.82) is 0 Å². The summed E-state index contributed by atoms with van der Waals surface area (Å²) in [6, 6.07) is 0.459. The minimum atomic E-state index is -0.365. The lowest BCUT2D eigenvalue weighted by atomic mass is 9.89. The Kier molecular flexibility index (Phi) is 5.50. The summed E-state index contributed by atoms with van der Waals surface area (Å²) in [7, 11) is 3.42. The molecule has 2 atom stereocenters. The lowest BCUT2D eigenvalue weighted by Gasteiger charge is -2.40. The molecule has 0 aromatic heterocycles. The standard InChI is InChI=1S/C13H23NO4S/c1-14-10-3-5-13(17-6-7-18-13)9-11(10)19-8-4-12(15)16-2/h10-11,14H,3-9H2,1-2H3. The van der Waals surface area contributed by atoms with Crippen LogP contribution in [0.15, 0.2) is 0 Å². The fourth-order valence-corrected chi connectivity index (χ4v) is 4.24. The molecule has 1 N–H and O–H groups in total. The number of hydrogen-bond acceptors (Lipinski definition) is 6. The van der Waals surface area contributed by atoms with Gasteiger partial charge in [-0.1, -0.05) is 0 Å². The Hall–Kier alpha value is -0.300. The van der Waals surface area contributed by atoms with E-state index in [1.807, 2.05) is 18.8 Å². The number of esters is 1. The monoisotopic (exact) mass is 289 g/mol. The molecule has 1 heterocycles. The van der Waals surface area contributed by atoms with E-state index in [2.05, 4.69) is 10.1 Å². The van der Waals surface area contributed by atoms with E-state index >= 15 is 0 Å². The molecule has 1 saturated carbocycles. The molecule has 0 radical (unpaired) electrons. The summed E-state index contributed by atoms with van der Waals surface area (Å²) in [6.07, 6.45) is 3.35. The van der Waals surface area contributed by atoms with E-state index in [-0.39, 0.29) is 11.8 Å². The second-order valence-electron chi connectivity index (χ2n) is 4.98. The zero-order valence-electron chi connectivity index (χ0n) is 11.6. The van der Waals surface area contributed by atoms with Gasteiger partial charge in [0.05, 0.1) is 26.7 Å². The Labute approximate surface area is 118 Å². The summed E-state index contributed by atoms with van der Waals surface area (Å²) < 4.78 is 16.3. The molecule has 110 valence electrons. The van der Waals surface area contributed by atoms with E-state index in [1.54, 1.807) is 0 Å². The number of hydrogen-bond donors (Lipinski definition) is 1. The van der Waals surface area contributed by atoms with Crippen LogP contribution in [0.2, 0.25) is 0 Å². The molecule has 0 amide bonds. The highest BCUT2D eigenvalue weighted by Gasteiger charge is 2.44. The van der Waals surface area contributed by atoms with Crippen LogP contribution >= 0.6 is 11.8 Å². The highest BCUT2D eigenvalue weighted by Crippen LogP contribution is 2.40. The van der Waals surface area contributed by atoms with Gasteiger partial charge in [0, 0.05) is 29.9 Å². The van der Waals surface area contributed by atoms with E-state index in [4.69, 9.17) is 9.47 Å². The first kappa shape index (κ1) is 15.1. The van der Waals surface area contributed by atoms with Crippen LogP contribution in [0.5, 0.6) is 0 Å². The fraction of sp³-hybridized carbons (Fsp3) is 0.923. The number of carbonyl (C=O) groups is 1. The van der Waals surface area contributed by atoms with Crippen LogP contribution < -0.4 is 5.32 Å². The van der Waals surface area contributed by atoms with Gasteiger partial charge in [-0.2, -0.15) is 11.8 Å². The molecule has 0 aromatic rings. The Morgan fingerprint density at radius 1 is 1.47 bits per heavy atom. The molecule has 1 aliphatic heterocycles. The summed E-state index contributed by atoms with van der Waals surface area (Å²) >= 11 is 1.81. The third-order valence-corrected chi connectivity index (χ3v) is 5.21. The summed E-state index contributed by atoms with van der Waals surface area (Å²) in [5.74, 6) is 0.273. The molecule has 0 bridgehead atoms. The van der Waals surface area contributed by atoms with E-state index in [0.717, 1.165) is 25.0 Å². The summed E-state index contributed by atoms with van der Waals surface area (Å²) in [4.78, 5) is 11.2. The first-order valence-electron chi connectivity index (χ1n) is 6.83. The second kappa shape index (κ2) is 6.92. The second-order valence-corrected chi connectivity index (χ2v) is 6.33. The van der Waals surface area contributed by atoms with Crippen molar-refractivity contribution in [2.24, 2.45) is 0 Å². The third kappa shape index (κ3) is 3.84. The molecule has 2 rings (SSSR count). The molecule has 2 aliphatic rings. The molecule has 5 nitrogen and oxygen atoms in total.